The van der Waals surface area contributed by atoms with Crippen LogP contribution in [0.4, 0.5) is 20.2 Å². The SMILES string of the molecule is COc1ccc2c(c1N1CC3(CCN(CC4CCC(c5nc6cc(C(C)(C)O)c(NC(=O)c7cncc(C#N)c7)cc6s5)CC4)CC3(F)F)C1)n(C)c(=O)n2C1CCC(=O)NC1=O. The first-order valence-electron chi connectivity index (χ1n) is 21.3. The Morgan fingerprint density at radius 2 is 1.86 bits per heavy atom. The molecule has 2 aromatic carbocycles. The number of rotatable bonds is 9. The van der Waals surface area contributed by atoms with Gasteiger partial charge in [-0.2, -0.15) is 5.26 Å². The second kappa shape index (κ2) is 15.8. The van der Waals surface area contributed by atoms with E-state index >= 15 is 8.78 Å². The maximum atomic E-state index is 16.4. The number of hydrogen-bond acceptors (Lipinski definition) is 12. The molecule has 1 unspecified atom stereocenters. The number of likely N-dealkylation sites (tertiary alicyclic amines) is 1. The molecule has 3 aliphatic heterocycles. The van der Waals surface area contributed by atoms with Crippen LogP contribution in [0.25, 0.3) is 21.3 Å². The summed E-state index contributed by atoms with van der Waals surface area (Å²) in [5.74, 6) is -3.42. The highest BCUT2D eigenvalue weighted by Gasteiger charge is 2.63. The number of thiazole rings is 1. The van der Waals surface area contributed by atoms with E-state index in [1.165, 1.54) is 34.7 Å². The third kappa shape index (κ3) is 7.53. The fourth-order valence-corrected chi connectivity index (χ4v) is 11.3. The van der Waals surface area contributed by atoms with Crippen molar-refractivity contribution in [1.29, 1.82) is 5.26 Å². The number of anilines is 2. The Morgan fingerprint density at radius 3 is 2.54 bits per heavy atom. The zero-order chi connectivity index (χ0) is 44.6. The third-order valence-electron chi connectivity index (χ3n) is 13.6. The Morgan fingerprint density at radius 1 is 1.10 bits per heavy atom. The van der Waals surface area contributed by atoms with E-state index < -0.39 is 40.5 Å². The van der Waals surface area contributed by atoms with Crippen LogP contribution in [0.1, 0.15) is 97.2 Å². The molecule has 63 heavy (non-hydrogen) atoms. The van der Waals surface area contributed by atoms with Crippen molar-refractivity contribution in [2.24, 2.45) is 18.4 Å². The predicted octanol–water partition coefficient (Wildman–Crippen LogP) is 5.80. The van der Waals surface area contributed by atoms with Gasteiger partial charge in [0, 0.05) is 62.7 Å². The van der Waals surface area contributed by atoms with E-state index in [-0.39, 0.29) is 61.3 Å². The van der Waals surface area contributed by atoms with Gasteiger partial charge in [-0.15, -0.1) is 11.3 Å². The van der Waals surface area contributed by atoms with Crippen LogP contribution in [0.15, 0.2) is 47.5 Å². The van der Waals surface area contributed by atoms with Crippen LogP contribution in [0.5, 0.6) is 5.75 Å². The fourth-order valence-electron chi connectivity index (χ4n) is 10.2. The minimum absolute atomic E-state index is 0.0905. The number of pyridine rings is 1. The fraction of sp³-hybridized carbons (Fsp3) is 0.489. The topological polar surface area (TPSA) is 188 Å². The second-order valence-corrected chi connectivity index (χ2v) is 19.3. The molecule has 1 atom stereocenters. The van der Waals surface area contributed by atoms with Crippen LogP contribution in [-0.4, -0.2) is 92.6 Å². The predicted molar refractivity (Wildman–Crippen MR) is 232 cm³/mol. The summed E-state index contributed by atoms with van der Waals surface area (Å²) in [5.41, 5.74) is 0.713. The quantitative estimate of drug-likeness (QED) is 0.152. The average Bonchev–Trinajstić information content (AvgIpc) is 3.76. The number of hydrogen-bond donors (Lipinski definition) is 3. The van der Waals surface area contributed by atoms with E-state index in [9.17, 15) is 29.5 Å². The van der Waals surface area contributed by atoms with Gasteiger partial charge in [-0.05, 0) is 95.2 Å². The number of nitrogens with one attached hydrogen (secondary N) is 2. The molecule has 18 heteroatoms. The van der Waals surface area contributed by atoms with Crippen molar-refractivity contribution in [3.63, 3.8) is 0 Å². The zero-order valence-corrected chi connectivity index (χ0v) is 36.4. The van der Waals surface area contributed by atoms with Gasteiger partial charge in [0.1, 0.15) is 23.5 Å². The lowest BCUT2D eigenvalue weighted by atomic mass is 9.68. The number of carbonyl (C=O) groups is 3. The number of amides is 3. The maximum absolute atomic E-state index is 16.4. The minimum atomic E-state index is -2.95. The molecule has 1 aliphatic carbocycles. The molecule has 4 fully saturated rings. The summed E-state index contributed by atoms with van der Waals surface area (Å²) < 4.78 is 42.1. The lowest BCUT2D eigenvalue weighted by Crippen LogP contribution is -2.70. The average molecular weight is 882 g/mol. The Balaban J connectivity index is 0.844. The van der Waals surface area contributed by atoms with Crippen molar-refractivity contribution < 1.29 is 33.0 Å². The van der Waals surface area contributed by atoms with Gasteiger partial charge in [0.05, 0.1) is 62.1 Å². The summed E-state index contributed by atoms with van der Waals surface area (Å²) >= 11 is 1.56. The summed E-state index contributed by atoms with van der Waals surface area (Å²) in [4.78, 5) is 64.2. The van der Waals surface area contributed by atoms with Crippen molar-refractivity contribution >= 4 is 61.7 Å². The number of ether oxygens (including phenoxy) is 1. The molecule has 9 rings (SSSR count). The van der Waals surface area contributed by atoms with Crippen LogP contribution in [0.3, 0.4) is 0 Å². The van der Waals surface area contributed by atoms with Crippen LogP contribution in [-0.2, 0) is 22.2 Å². The highest BCUT2D eigenvalue weighted by atomic mass is 32.1. The van der Waals surface area contributed by atoms with Crippen molar-refractivity contribution in [2.45, 2.75) is 82.3 Å². The highest BCUT2D eigenvalue weighted by molar-refractivity contribution is 7.18. The van der Waals surface area contributed by atoms with Crippen LogP contribution >= 0.6 is 11.3 Å². The molecule has 3 N–H and O–H groups in total. The van der Waals surface area contributed by atoms with Crippen LogP contribution in [0.2, 0.25) is 0 Å². The largest absolute Gasteiger partial charge is 0.494 e. The molecular formula is C45H49F2N9O6S. The normalized spacial score (nSPS) is 22.5. The first-order valence-corrected chi connectivity index (χ1v) is 22.1. The number of piperidine rings is 2. The number of fused-ring (bicyclic) bond motifs is 2. The lowest BCUT2D eigenvalue weighted by molar-refractivity contribution is -0.181. The molecule has 0 bridgehead atoms. The number of methoxy groups -OCH3 is 1. The molecular weight excluding hydrogens is 833 g/mol. The minimum Gasteiger partial charge on any atom is -0.494 e. The van der Waals surface area contributed by atoms with E-state index in [0.29, 0.717) is 53.2 Å². The number of aliphatic hydroxyl groups is 1. The summed E-state index contributed by atoms with van der Waals surface area (Å²) in [7, 11) is 3.10. The molecule has 3 saturated heterocycles. The summed E-state index contributed by atoms with van der Waals surface area (Å²) in [6.45, 7) is 4.29. The smallest absolute Gasteiger partial charge is 0.329 e. The van der Waals surface area contributed by atoms with Crippen molar-refractivity contribution in [2.75, 3.05) is 50.1 Å². The summed E-state index contributed by atoms with van der Waals surface area (Å²) in [6, 6.07) is 9.62. The van der Waals surface area contributed by atoms with E-state index in [1.807, 2.05) is 28.0 Å². The van der Waals surface area contributed by atoms with Gasteiger partial charge in [-0.3, -0.25) is 38.7 Å². The summed E-state index contributed by atoms with van der Waals surface area (Å²) in [5, 5.41) is 26.5. The number of alkyl halides is 2. The molecule has 330 valence electrons. The van der Waals surface area contributed by atoms with Gasteiger partial charge in [-0.1, -0.05) is 0 Å². The number of nitriles is 1. The first-order chi connectivity index (χ1) is 30.0. The number of aryl methyl sites for hydroxylation is 1. The number of halogens is 2. The summed E-state index contributed by atoms with van der Waals surface area (Å²) in [6.07, 6.45) is 6.89. The molecule has 1 spiro atoms. The molecule has 1 saturated carbocycles. The van der Waals surface area contributed by atoms with Crippen molar-refractivity contribution in [3.05, 3.63) is 74.9 Å². The van der Waals surface area contributed by atoms with E-state index in [2.05, 4.69) is 15.6 Å². The molecule has 0 radical (unpaired) electrons. The number of imidazole rings is 1. The molecule has 6 heterocycles. The lowest BCUT2D eigenvalue weighted by Gasteiger charge is -2.58. The maximum Gasteiger partial charge on any atom is 0.329 e. The van der Waals surface area contributed by atoms with Gasteiger partial charge in [0.2, 0.25) is 11.8 Å². The molecule has 15 nitrogen and oxygen atoms in total. The second-order valence-electron chi connectivity index (χ2n) is 18.2. The van der Waals surface area contributed by atoms with Gasteiger partial charge in [0.25, 0.3) is 11.8 Å². The standard InChI is InChI=1S/C45H49F2N9O6S/c1-43(2,61)29-16-31-35(17-30(29)50-39(58)28-15-26(18-48)19-49-20-28)63-41(51-31)27-7-5-25(6-8-27)21-54-14-13-44(45(46,47)24-54)22-55(23-44)38-34(62-4)11-9-32-37(38)53(3)42(60)56(32)33-10-12-36(57)52-40(33)59/h9,11,15-17,19-20,25,27,33,61H,5-8,10,12-14,21-24H2,1-4H3,(H,50,58)(H,52,57,59). The first kappa shape index (κ1) is 42.5. The number of carbonyl (C=O) groups excluding carboxylic acids is 3. The van der Waals surface area contributed by atoms with E-state index in [4.69, 9.17) is 9.72 Å². The number of imide groups is 1. The van der Waals surface area contributed by atoms with Gasteiger partial charge in [-0.25, -0.2) is 18.6 Å². The van der Waals surface area contributed by atoms with Crippen molar-refractivity contribution in [1.82, 2.24) is 29.3 Å². The number of benzene rings is 2. The number of aromatic nitrogens is 4. The van der Waals surface area contributed by atoms with E-state index in [0.717, 1.165) is 40.9 Å². The van der Waals surface area contributed by atoms with Gasteiger partial charge >= 0.3 is 5.69 Å². The molecule has 5 aromatic rings. The Labute approximate surface area is 365 Å². The molecule has 4 aliphatic rings. The Hall–Kier alpha value is -5.77. The van der Waals surface area contributed by atoms with Crippen molar-refractivity contribution in [3.8, 4) is 11.8 Å². The van der Waals surface area contributed by atoms with Crippen LogP contribution < -0.4 is 26.0 Å². The molecule has 3 aromatic heterocycles. The molecule has 3 amide bonds. The Bertz CT molecular complexity index is 2770. The number of nitrogens with zero attached hydrogens (tertiary/aromatic N) is 7. The monoisotopic (exact) mass is 881 g/mol. The third-order valence-corrected chi connectivity index (χ3v) is 14.8. The Kier molecular flexibility index (Phi) is 10.7. The van der Waals surface area contributed by atoms with Gasteiger partial charge < -0.3 is 20.1 Å². The zero-order valence-electron chi connectivity index (χ0n) is 35.5. The van der Waals surface area contributed by atoms with Gasteiger partial charge in [0.15, 0.2) is 0 Å². The van der Waals surface area contributed by atoms with E-state index in [1.54, 1.807) is 44.4 Å². The van der Waals surface area contributed by atoms with Crippen LogP contribution in [0, 0.1) is 22.7 Å². The highest BCUT2D eigenvalue weighted by Crippen LogP contribution is 2.54.